The average Bonchev–Trinajstić information content (AvgIpc) is 3.53. The van der Waals surface area contributed by atoms with Crippen LogP contribution in [0.5, 0.6) is 0 Å². The molecule has 0 radical (unpaired) electrons. The number of anilines is 2. The van der Waals surface area contributed by atoms with E-state index in [1.165, 1.54) is 27.6 Å². The first kappa shape index (κ1) is 34.2. The average molecular weight is 636 g/mol. The summed E-state index contributed by atoms with van der Waals surface area (Å²) in [5, 5.41) is 6.13. The van der Waals surface area contributed by atoms with E-state index in [9.17, 15) is 14.4 Å². The maximum absolute atomic E-state index is 12.7. The third-order valence-electron chi connectivity index (χ3n) is 7.52. The second-order valence-electron chi connectivity index (χ2n) is 11.1. The Morgan fingerprint density at radius 3 is 2.49 bits per heavy atom. The molecule has 2 atom stereocenters. The summed E-state index contributed by atoms with van der Waals surface area (Å²) in [6, 6.07) is 22.1. The highest BCUT2D eigenvalue weighted by Gasteiger charge is 2.29. The molecule has 11 heteroatoms. The molecule has 0 saturated carbocycles. The van der Waals surface area contributed by atoms with Crippen molar-refractivity contribution in [1.82, 2.24) is 14.9 Å². The normalized spacial score (nSPS) is 15.9. The monoisotopic (exact) mass is 635 g/mol. The lowest BCUT2D eigenvalue weighted by Gasteiger charge is -2.18. The number of ether oxygens (including phenoxy) is 2. The number of rotatable bonds is 19. The molecule has 1 aliphatic rings. The number of amides is 1. The molecule has 10 nitrogen and oxygen atoms in total. The molecule has 2 aromatic carbocycles. The van der Waals surface area contributed by atoms with E-state index in [4.69, 9.17) is 9.47 Å². The van der Waals surface area contributed by atoms with Crippen molar-refractivity contribution in [3.63, 3.8) is 0 Å². The van der Waals surface area contributed by atoms with Gasteiger partial charge in [-0.15, -0.1) is 11.8 Å². The summed E-state index contributed by atoms with van der Waals surface area (Å²) in [6.45, 7) is 2.81. The minimum Gasteiger partial charge on any atom is -0.462 e. The van der Waals surface area contributed by atoms with Crippen LogP contribution in [0.4, 0.5) is 11.5 Å². The number of para-hydroxylation sites is 1. The van der Waals surface area contributed by atoms with Gasteiger partial charge in [0, 0.05) is 50.6 Å². The third kappa shape index (κ3) is 12.3. The van der Waals surface area contributed by atoms with Crippen molar-refractivity contribution in [1.29, 1.82) is 0 Å². The zero-order valence-electron chi connectivity index (χ0n) is 26.1. The van der Waals surface area contributed by atoms with E-state index in [0.29, 0.717) is 18.6 Å². The smallest absolute Gasteiger partial charge is 0.351 e. The number of carbonyl (C=O) groups excluding carboxylic acids is 2. The fraction of sp³-hybridized carbons (Fsp3) is 0.471. The van der Waals surface area contributed by atoms with Crippen molar-refractivity contribution in [3.8, 4) is 0 Å². The fourth-order valence-electron chi connectivity index (χ4n) is 4.96. The molecule has 1 amide bonds. The summed E-state index contributed by atoms with van der Waals surface area (Å²) in [5.74, 6) is 0.363. The van der Waals surface area contributed by atoms with Crippen LogP contribution in [0.25, 0.3) is 0 Å². The van der Waals surface area contributed by atoms with Crippen molar-refractivity contribution in [3.05, 3.63) is 89.0 Å². The quantitative estimate of drug-likeness (QED) is 0.133. The first-order valence-electron chi connectivity index (χ1n) is 15.8. The van der Waals surface area contributed by atoms with Crippen LogP contribution in [0.2, 0.25) is 0 Å². The third-order valence-corrected chi connectivity index (χ3v) is 8.62. The highest BCUT2D eigenvalue weighted by Crippen LogP contribution is 2.31. The Labute approximate surface area is 269 Å². The summed E-state index contributed by atoms with van der Waals surface area (Å²) >= 11 is 1.49. The molecule has 2 N–H and O–H groups in total. The summed E-state index contributed by atoms with van der Waals surface area (Å²) in [6.07, 6.45) is 7.23. The maximum atomic E-state index is 12.7. The van der Waals surface area contributed by atoms with E-state index in [-0.39, 0.29) is 29.7 Å². The van der Waals surface area contributed by atoms with Crippen LogP contribution in [0.15, 0.2) is 77.7 Å². The number of esters is 1. The Morgan fingerprint density at radius 1 is 0.978 bits per heavy atom. The minimum absolute atomic E-state index is 0.135. The Bertz CT molecular complexity index is 1370. The molecule has 2 unspecified atom stereocenters. The number of thioether (sulfide) groups is 1. The van der Waals surface area contributed by atoms with E-state index in [0.717, 1.165) is 58.2 Å². The van der Waals surface area contributed by atoms with Crippen LogP contribution >= 0.6 is 11.8 Å². The van der Waals surface area contributed by atoms with E-state index in [1.807, 2.05) is 36.4 Å². The zero-order valence-corrected chi connectivity index (χ0v) is 26.9. The number of nitrogens with zero attached hydrogens (tertiary/aromatic N) is 3. The van der Waals surface area contributed by atoms with Crippen LogP contribution in [0.3, 0.4) is 0 Å². The van der Waals surface area contributed by atoms with E-state index in [2.05, 4.69) is 51.8 Å². The summed E-state index contributed by atoms with van der Waals surface area (Å²) in [4.78, 5) is 43.4. The Balaban J connectivity index is 1.05. The minimum atomic E-state index is -0.513. The second-order valence-corrected chi connectivity index (χ2v) is 12.3. The lowest BCUT2D eigenvalue weighted by molar-refractivity contribution is -0.147. The van der Waals surface area contributed by atoms with Gasteiger partial charge in [0.15, 0.2) is 0 Å². The molecule has 3 aromatic rings. The van der Waals surface area contributed by atoms with Gasteiger partial charge in [-0.05, 0) is 56.0 Å². The number of unbranched alkanes of at least 4 members (excludes halogenated alkanes) is 4. The van der Waals surface area contributed by atoms with E-state index in [1.54, 1.807) is 12.3 Å². The summed E-state index contributed by atoms with van der Waals surface area (Å²) in [7, 11) is 2.07. The number of aromatic nitrogens is 2. The number of benzene rings is 2. The van der Waals surface area contributed by atoms with Crippen molar-refractivity contribution in [2.45, 2.75) is 69.6 Å². The van der Waals surface area contributed by atoms with Gasteiger partial charge in [0.2, 0.25) is 5.91 Å². The molecule has 1 aliphatic heterocycles. The van der Waals surface area contributed by atoms with Gasteiger partial charge in [0.25, 0.3) is 0 Å². The van der Waals surface area contributed by atoms with Crippen molar-refractivity contribution in [2.24, 2.45) is 0 Å². The number of carbonyl (C=O) groups is 2. The van der Waals surface area contributed by atoms with Crippen molar-refractivity contribution >= 4 is 35.1 Å². The summed E-state index contributed by atoms with van der Waals surface area (Å²) in [5.41, 5.74) is 1.59. The van der Waals surface area contributed by atoms with E-state index < -0.39 is 11.9 Å². The molecule has 4 rings (SSSR count). The molecule has 2 heterocycles. The van der Waals surface area contributed by atoms with Crippen molar-refractivity contribution < 1.29 is 19.1 Å². The van der Waals surface area contributed by atoms with E-state index >= 15 is 0 Å². The largest absolute Gasteiger partial charge is 0.462 e. The maximum Gasteiger partial charge on any atom is 0.351 e. The molecule has 1 saturated heterocycles. The topological polar surface area (TPSA) is 115 Å². The number of nitrogens with one attached hydrogen (secondary N) is 2. The van der Waals surface area contributed by atoms with Crippen LogP contribution in [-0.2, 0) is 25.6 Å². The van der Waals surface area contributed by atoms with Crippen LogP contribution < -0.4 is 21.2 Å². The number of hydrogen-bond donors (Lipinski definition) is 2. The highest BCUT2D eigenvalue weighted by atomic mass is 32.2. The first-order valence-corrected chi connectivity index (χ1v) is 16.9. The summed E-state index contributed by atoms with van der Waals surface area (Å²) < 4.78 is 12.8. The standard InChI is InChI=1S/C34H45N5O5S/c1-38(28-16-8-3-9-17-28)22-13-5-11-19-32(41)43-25-33-44-31(26-45-33)39-23-20-29(37-34(39)42)36-30(40)18-10-4-12-21-35-24-27-14-6-2-7-15-27/h2-3,6-9,14-17,20,23,31,33,35H,4-5,10-13,18-19,21-22,24-26H2,1H3,(H,36,37,40,42). The van der Waals surface area contributed by atoms with Gasteiger partial charge in [0.05, 0.1) is 0 Å². The van der Waals surface area contributed by atoms with Crippen LogP contribution in [0.1, 0.15) is 63.2 Å². The molecule has 1 aromatic heterocycles. The molecule has 242 valence electrons. The Hall–Kier alpha value is -3.67. The molecule has 45 heavy (non-hydrogen) atoms. The fourth-order valence-corrected chi connectivity index (χ4v) is 5.95. The van der Waals surface area contributed by atoms with Gasteiger partial charge in [-0.3, -0.25) is 14.2 Å². The SMILES string of the molecule is CN(CCCCCC(=O)OCC1OC(n2ccc(NC(=O)CCCCCNCc3ccccc3)nc2=O)CS1)c1ccccc1. The van der Waals surface area contributed by atoms with Gasteiger partial charge in [-0.1, -0.05) is 61.4 Å². The van der Waals surface area contributed by atoms with Gasteiger partial charge < -0.3 is 25.0 Å². The molecule has 0 spiro atoms. The van der Waals surface area contributed by atoms with Gasteiger partial charge in [-0.2, -0.15) is 4.98 Å². The molecule has 0 bridgehead atoms. The van der Waals surface area contributed by atoms with Gasteiger partial charge in [-0.25, -0.2) is 4.79 Å². The predicted molar refractivity (Wildman–Crippen MR) is 179 cm³/mol. The second kappa shape index (κ2) is 19.0. The first-order chi connectivity index (χ1) is 22.0. The van der Waals surface area contributed by atoms with Gasteiger partial charge >= 0.3 is 11.7 Å². The van der Waals surface area contributed by atoms with Gasteiger partial charge in [0.1, 0.15) is 24.1 Å². The predicted octanol–water partition coefficient (Wildman–Crippen LogP) is 5.36. The molecular weight excluding hydrogens is 590 g/mol. The van der Waals surface area contributed by atoms with Crippen LogP contribution in [0, 0.1) is 0 Å². The zero-order chi connectivity index (χ0) is 31.7. The lowest BCUT2D eigenvalue weighted by atomic mass is 10.2. The molecule has 0 aliphatic carbocycles. The lowest BCUT2D eigenvalue weighted by Crippen LogP contribution is -2.29. The number of hydrogen-bond acceptors (Lipinski definition) is 9. The molecule has 1 fully saturated rings. The Morgan fingerprint density at radius 2 is 1.71 bits per heavy atom. The molecular formula is C34H45N5O5S. The van der Waals surface area contributed by atoms with Crippen molar-refractivity contribution in [2.75, 3.05) is 42.7 Å². The highest BCUT2D eigenvalue weighted by molar-refractivity contribution is 8.00. The Kier molecular flexibility index (Phi) is 14.4. The van der Waals surface area contributed by atoms with Crippen LogP contribution in [-0.4, -0.2) is 59.4 Å².